The first kappa shape index (κ1) is 18.4. The summed E-state index contributed by atoms with van der Waals surface area (Å²) in [6.07, 6.45) is 4.10. The fourth-order valence-electron chi connectivity index (χ4n) is 3.94. The molecule has 1 fully saturated rings. The summed E-state index contributed by atoms with van der Waals surface area (Å²) in [5.74, 6) is 2.01. The van der Waals surface area contributed by atoms with Gasteiger partial charge in [0.25, 0.3) is 5.89 Å². The molecule has 0 saturated carbocycles. The number of aromatic nitrogens is 4. The van der Waals surface area contributed by atoms with Crippen molar-refractivity contribution in [1.82, 2.24) is 25.0 Å². The third-order valence-electron chi connectivity index (χ3n) is 5.49. The van der Waals surface area contributed by atoms with Crippen molar-refractivity contribution in [2.24, 2.45) is 0 Å². The molecule has 152 valence electrons. The summed E-state index contributed by atoms with van der Waals surface area (Å²) in [7, 11) is 0. The van der Waals surface area contributed by atoms with Crippen LogP contribution in [-0.2, 0) is 11.2 Å². The highest BCUT2D eigenvalue weighted by molar-refractivity contribution is 5.89. The Bertz CT molecular complexity index is 1190. The molecule has 1 N–H and O–H groups in total. The van der Waals surface area contributed by atoms with Crippen LogP contribution in [0.3, 0.4) is 0 Å². The van der Waals surface area contributed by atoms with Gasteiger partial charge in [-0.2, -0.15) is 4.98 Å². The molecular weight excluding hydrogens is 380 g/mol. The predicted molar refractivity (Wildman–Crippen MR) is 113 cm³/mol. The molecule has 8 nitrogen and oxygen atoms in total. The van der Waals surface area contributed by atoms with Crippen molar-refractivity contribution in [1.29, 1.82) is 0 Å². The zero-order chi connectivity index (χ0) is 20.5. The molecule has 5 rings (SSSR count). The first-order valence-electron chi connectivity index (χ1n) is 10.0. The van der Waals surface area contributed by atoms with Gasteiger partial charge >= 0.3 is 0 Å². The third kappa shape index (κ3) is 3.41. The number of hydrogen-bond acceptors (Lipinski definition) is 6. The van der Waals surface area contributed by atoms with Gasteiger partial charge in [0, 0.05) is 49.5 Å². The number of fused-ring (bicyclic) bond motifs is 1. The lowest BCUT2D eigenvalue weighted by Crippen LogP contribution is -2.49. The summed E-state index contributed by atoms with van der Waals surface area (Å²) < 4.78 is 5.34. The largest absolute Gasteiger partial charge is 0.361 e. The van der Waals surface area contributed by atoms with Gasteiger partial charge in [0.1, 0.15) is 5.82 Å². The molecule has 0 aliphatic carbocycles. The zero-order valence-electron chi connectivity index (χ0n) is 16.7. The van der Waals surface area contributed by atoms with Crippen LogP contribution in [0.4, 0.5) is 5.82 Å². The third-order valence-corrected chi connectivity index (χ3v) is 5.49. The number of amides is 1. The Morgan fingerprint density at radius 1 is 1.13 bits per heavy atom. The molecule has 0 atom stereocenters. The number of aryl methyl sites for hydroxylation is 1. The second-order valence-electron chi connectivity index (χ2n) is 7.43. The average Bonchev–Trinajstić information content (AvgIpc) is 3.40. The minimum atomic E-state index is 0.146. The summed E-state index contributed by atoms with van der Waals surface area (Å²) in [6, 6.07) is 11.9. The second kappa shape index (κ2) is 7.62. The normalized spacial score (nSPS) is 14.4. The summed E-state index contributed by atoms with van der Waals surface area (Å²) in [6.45, 7) is 4.51. The van der Waals surface area contributed by atoms with Gasteiger partial charge in [-0.15, -0.1) is 0 Å². The maximum Gasteiger partial charge on any atom is 0.261 e. The molecule has 0 bridgehead atoms. The minimum Gasteiger partial charge on any atom is -0.361 e. The van der Waals surface area contributed by atoms with Gasteiger partial charge in [0.05, 0.1) is 12.0 Å². The van der Waals surface area contributed by atoms with E-state index in [9.17, 15) is 4.79 Å². The number of pyridine rings is 1. The van der Waals surface area contributed by atoms with Crippen LogP contribution in [0.25, 0.3) is 22.4 Å². The van der Waals surface area contributed by atoms with E-state index in [4.69, 9.17) is 4.52 Å². The number of rotatable bonds is 4. The van der Waals surface area contributed by atoms with E-state index in [0.29, 0.717) is 44.3 Å². The van der Waals surface area contributed by atoms with Gasteiger partial charge in [-0.05, 0) is 30.7 Å². The molecule has 1 amide bonds. The van der Waals surface area contributed by atoms with E-state index in [1.165, 1.54) is 0 Å². The van der Waals surface area contributed by atoms with Crippen LogP contribution in [0.15, 0.2) is 53.3 Å². The molecule has 4 heterocycles. The highest BCUT2D eigenvalue weighted by Crippen LogP contribution is 2.28. The Balaban J connectivity index is 1.27. The lowest BCUT2D eigenvalue weighted by atomic mass is 10.1. The molecule has 1 saturated heterocycles. The van der Waals surface area contributed by atoms with Crippen molar-refractivity contribution < 1.29 is 9.32 Å². The second-order valence-corrected chi connectivity index (χ2v) is 7.43. The van der Waals surface area contributed by atoms with Crippen molar-refractivity contribution in [2.75, 3.05) is 31.1 Å². The van der Waals surface area contributed by atoms with E-state index < -0.39 is 0 Å². The van der Waals surface area contributed by atoms with Crippen molar-refractivity contribution in [3.05, 3.63) is 60.2 Å². The van der Waals surface area contributed by atoms with E-state index in [1.54, 1.807) is 13.1 Å². The van der Waals surface area contributed by atoms with Crippen LogP contribution in [0.2, 0.25) is 0 Å². The molecule has 1 aromatic carbocycles. The quantitative estimate of drug-likeness (QED) is 0.564. The van der Waals surface area contributed by atoms with Gasteiger partial charge < -0.3 is 19.3 Å². The molecule has 4 aromatic rings. The molecule has 0 unspecified atom stereocenters. The number of para-hydroxylation sites is 1. The summed E-state index contributed by atoms with van der Waals surface area (Å²) >= 11 is 0. The standard InChI is InChI=1S/C22H22N6O2/c1-15-25-22(30-26-15)18-6-4-8-23-21(18)28-11-9-27(10-12-28)20(29)13-16-14-24-19-7-3-2-5-17(16)19/h2-8,14,24H,9-13H2,1H3. The molecular formula is C22H22N6O2. The number of nitrogens with one attached hydrogen (secondary N) is 1. The maximum absolute atomic E-state index is 12.9. The topological polar surface area (TPSA) is 91.2 Å². The van der Waals surface area contributed by atoms with Gasteiger partial charge in [0.2, 0.25) is 5.91 Å². The lowest BCUT2D eigenvalue weighted by molar-refractivity contribution is -0.130. The molecule has 8 heteroatoms. The fourth-order valence-corrected chi connectivity index (χ4v) is 3.94. The van der Waals surface area contributed by atoms with Gasteiger partial charge in [-0.1, -0.05) is 23.4 Å². The Labute approximate surface area is 173 Å². The van der Waals surface area contributed by atoms with E-state index >= 15 is 0 Å². The molecule has 1 aliphatic rings. The average molecular weight is 402 g/mol. The van der Waals surface area contributed by atoms with Gasteiger partial charge in [0.15, 0.2) is 5.82 Å². The van der Waals surface area contributed by atoms with Crippen LogP contribution >= 0.6 is 0 Å². The van der Waals surface area contributed by atoms with Crippen LogP contribution in [0.5, 0.6) is 0 Å². The maximum atomic E-state index is 12.9. The number of anilines is 1. The van der Waals surface area contributed by atoms with Gasteiger partial charge in [-0.3, -0.25) is 4.79 Å². The van der Waals surface area contributed by atoms with E-state index in [0.717, 1.165) is 27.8 Å². The number of H-pyrrole nitrogens is 1. The molecule has 30 heavy (non-hydrogen) atoms. The zero-order valence-corrected chi connectivity index (χ0v) is 16.7. The number of hydrogen-bond donors (Lipinski definition) is 1. The molecule has 3 aromatic heterocycles. The van der Waals surface area contributed by atoms with Crippen molar-refractivity contribution >= 4 is 22.6 Å². The van der Waals surface area contributed by atoms with Crippen molar-refractivity contribution in [3.8, 4) is 11.5 Å². The smallest absolute Gasteiger partial charge is 0.261 e. The first-order chi connectivity index (χ1) is 14.7. The fraction of sp³-hybridized carbons (Fsp3) is 0.273. The number of carbonyl (C=O) groups is 1. The number of piperazine rings is 1. The summed E-state index contributed by atoms with van der Waals surface area (Å²) in [5.41, 5.74) is 2.91. The van der Waals surface area contributed by atoms with Crippen LogP contribution in [-0.4, -0.2) is 57.1 Å². The Morgan fingerprint density at radius 2 is 1.97 bits per heavy atom. The minimum absolute atomic E-state index is 0.146. The lowest BCUT2D eigenvalue weighted by Gasteiger charge is -2.36. The number of nitrogens with zero attached hydrogens (tertiary/aromatic N) is 5. The molecule has 0 spiro atoms. The number of benzene rings is 1. The van der Waals surface area contributed by atoms with Crippen LogP contribution in [0.1, 0.15) is 11.4 Å². The highest BCUT2D eigenvalue weighted by atomic mass is 16.5. The molecule has 0 radical (unpaired) electrons. The Morgan fingerprint density at radius 3 is 2.77 bits per heavy atom. The summed E-state index contributed by atoms with van der Waals surface area (Å²) in [4.78, 5) is 29.1. The number of carbonyl (C=O) groups excluding carboxylic acids is 1. The van der Waals surface area contributed by atoms with Crippen LogP contribution < -0.4 is 4.90 Å². The highest BCUT2D eigenvalue weighted by Gasteiger charge is 2.25. The van der Waals surface area contributed by atoms with E-state index in [1.807, 2.05) is 47.5 Å². The van der Waals surface area contributed by atoms with Crippen molar-refractivity contribution in [2.45, 2.75) is 13.3 Å². The number of aromatic amines is 1. The summed E-state index contributed by atoms with van der Waals surface area (Å²) in [5, 5.41) is 4.99. The van der Waals surface area contributed by atoms with E-state index in [2.05, 4.69) is 25.0 Å². The van der Waals surface area contributed by atoms with Gasteiger partial charge in [-0.25, -0.2) is 4.98 Å². The van der Waals surface area contributed by atoms with Crippen molar-refractivity contribution in [3.63, 3.8) is 0 Å². The first-order valence-corrected chi connectivity index (χ1v) is 10.0. The Hall–Kier alpha value is -3.68. The SMILES string of the molecule is Cc1noc(-c2cccnc2N2CCN(C(=O)Cc3c[nH]c4ccccc34)CC2)n1. The molecule has 1 aliphatic heterocycles. The van der Waals surface area contributed by atoms with Crippen LogP contribution in [0, 0.1) is 6.92 Å². The Kier molecular flexibility index (Phi) is 4.66. The van der Waals surface area contributed by atoms with E-state index in [-0.39, 0.29) is 5.91 Å². The monoisotopic (exact) mass is 402 g/mol. The predicted octanol–water partition coefficient (Wildman–Crippen LogP) is 2.81.